The van der Waals surface area contributed by atoms with Crippen LogP contribution >= 0.6 is 0 Å². The molecule has 1 aromatic heterocycles. The highest BCUT2D eigenvalue weighted by atomic mass is 19.1. The lowest BCUT2D eigenvalue weighted by Crippen LogP contribution is -2.53. The zero-order chi connectivity index (χ0) is 21.3. The maximum atomic E-state index is 13.9. The largest absolute Gasteiger partial charge is 0.338 e. The van der Waals surface area contributed by atoms with Gasteiger partial charge < -0.3 is 9.80 Å². The van der Waals surface area contributed by atoms with E-state index in [4.69, 9.17) is 0 Å². The predicted octanol–water partition coefficient (Wildman–Crippen LogP) is 0.445. The van der Waals surface area contributed by atoms with Crippen LogP contribution in [-0.4, -0.2) is 80.8 Å². The van der Waals surface area contributed by atoms with Crippen molar-refractivity contribution in [3.63, 3.8) is 0 Å². The molecule has 0 atom stereocenters. The molecule has 10 heteroatoms. The maximum absolute atomic E-state index is 13.9. The summed E-state index contributed by atoms with van der Waals surface area (Å²) in [6, 6.07) is 7.66. The highest BCUT2D eigenvalue weighted by molar-refractivity contribution is 6.04. The lowest BCUT2D eigenvalue weighted by Gasteiger charge is -2.35. The number of carbonyl (C=O) groups is 4. The van der Waals surface area contributed by atoms with E-state index in [9.17, 15) is 23.6 Å². The highest BCUT2D eigenvalue weighted by Crippen LogP contribution is 2.15. The van der Waals surface area contributed by atoms with Crippen molar-refractivity contribution in [1.29, 1.82) is 0 Å². The van der Waals surface area contributed by atoms with Gasteiger partial charge in [0, 0.05) is 45.2 Å². The monoisotopic (exact) mass is 413 g/mol. The fourth-order valence-corrected chi connectivity index (χ4v) is 3.57. The number of piperazine rings is 1. The molecule has 0 unspecified atom stereocenters. The number of carbonyl (C=O) groups excluding carboxylic acids is 4. The Hall–Kier alpha value is -3.56. The topological polar surface area (TPSA) is 95.8 Å². The van der Waals surface area contributed by atoms with Crippen LogP contribution in [0.5, 0.6) is 0 Å². The quantitative estimate of drug-likeness (QED) is 0.678. The fraction of sp³-hybridized carbons (Fsp3) is 0.350. The Bertz CT molecular complexity index is 996. The van der Waals surface area contributed by atoms with Gasteiger partial charge in [-0.15, -0.1) is 0 Å². The van der Waals surface area contributed by atoms with Crippen LogP contribution in [0.3, 0.4) is 0 Å². The van der Waals surface area contributed by atoms with Crippen LogP contribution in [0.4, 0.5) is 4.39 Å². The van der Waals surface area contributed by atoms with E-state index in [1.165, 1.54) is 23.0 Å². The molecule has 2 aliphatic heterocycles. The normalized spacial score (nSPS) is 17.0. The van der Waals surface area contributed by atoms with Crippen molar-refractivity contribution in [2.45, 2.75) is 12.8 Å². The fourth-order valence-electron chi connectivity index (χ4n) is 3.57. The van der Waals surface area contributed by atoms with Crippen molar-refractivity contribution in [3.8, 4) is 5.69 Å². The number of nitrogens with zero attached hydrogens (tertiary/aromatic N) is 5. The molecule has 2 saturated heterocycles. The number of para-hydroxylation sites is 1. The van der Waals surface area contributed by atoms with Crippen LogP contribution in [-0.2, 0) is 14.4 Å². The first-order valence-electron chi connectivity index (χ1n) is 9.65. The Labute approximate surface area is 171 Å². The molecule has 4 rings (SSSR count). The zero-order valence-corrected chi connectivity index (χ0v) is 16.2. The first-order chi connectivity index (χ1) is 14.4. The maximum Gasteiger partial charge on any atom is 0.274 e. The van der Waals surface area contributed by atoms with Gasteiger partial charge in [-0.3, -0.25) is 24.1 Å². The van der Waals surface area contributed by atoms with Crippen molar-refractivity contribution in [2.75, 3.05) is 32.7 Å². The number of benzene rings is 1. The first-order valence-corrected chi connectivity index (χ1v) is 9.65. The molecule has 156 valence electrons. The molecule has 3 heterocycles. The molecule has 2 aromatic rings. The molecule has 2 fully saturated rings. The third-order valence-electron chi connectivity index (χ3n) is 5.28. The van der Waals surface area contributed by atoms with Crippen molar-refractivity contribution >= 4 is 23.6 Å². The molecule has 0 radical (unpaired) electrons. The van der Waals surface area contributed by atoms with Crippen LogP contribution in [0.2, 0.25) is 0 Å². The molecule has 0 N–H and O–H groups in total. The molecule has 0 spiro atoms. The minimum Gasteiger partial charge on any atom is -0.338 e. The third kappa shape index (κ3) is 3.80. The van der Waals surface area contributed by atoms with Gasteiger partial charge in [0.1, 0.15) is 18.0 Å². The van der Waals surface area contributed by atoms with Crippen LogP contribution in [0, 0.1) is 5.82 Å². The molecule has 1 aromatic carbocycles. The van der Waals surface area contributed by atoms with E-state index in [-0.39, 0.29) is 54.4 Å². The number of rotatable bonds is 4. The summed E-state index contributed by atoms with van der Waals surface area (Å²) in [6.07, 6.45) is 1.82. The lowest BCUT2D eigenvalue weighted by molar-refractivity contribution is -0.146. The summed E-state index contributed by atoms with van der Waals surface area (Å²) in [6.45, 7) is 0.959. The number of likely N-dealkylation sites (tertiary alicyclic amines) is 1. The summed E-state index contributed by atoms with van der Waals surface area (Å²) in [7, 11) is 0. The average Bonchev–Trinajstić information content (AvgIpc) is 3.36. The summed E-state index contributed by atoms with van der Waals surface area (Å²) in [5, 5.41) is 4.18. The Morgan fingerprint density at radius 2 is 1.57 bits per heavy atom. The van der Waals surface area contributed by atoms with Crippen LogP contribution in [0.1, 0.15) is 23.3 Å². The second-order valence-electron chi connectivity index (χ2n) is 7.14. The van der Waals surface area contributed by atoms with Crippen molar-refractivity contribution in [1.82, 2.24) is 24.5 Å². The van der Waals surface area contributed by atoms with Gasteiger partial charge in [-0.1, -0.05) is 12.1 Å². The Kier molecular flexibility index (Phi) is 5.30. The van der Waals surface area contributed by atoms with Gasteiger partial charge in [-0.2, -0.15) is 5.10 Å². The van der Waals surface area contributed by atoms with Gasteiger partial charge >= 0.3 is 0 Å². The number of aromatic nitrogens is 2. The van der Waals surface area contributed by atoms with Crippen LogP contribution < -0.4 is 0 Å². The number of imide groups is 1. The SMILES string of the molecule is O=C(CN1C(=O)CCC1=O)N1CCN(C(=O)c2ccn(-c3ccccc3F)n2)CC1. The molecule has 0 bridgehead atoms. The van der Waals surface area contributed by atoms with Gasteiger partial charge in [-0.25, -0.2) is 9.07 Å². The highest BCUT2D eigenvalue weighted by Gasteiger charge is 2.33. The van der Waals surface area contributed by atoms with Gasteiger partial charge in [0.05, 0.1) is 0 Å². The standard InChI is InChI=1S/C20H20FN5O4/c21-14-3-1-2-4-16(14)26-8-7-15(22-26)20(30)24-11-9-23(10-12-24)19(29)13-25-17(27)5-6-18(25)28/h1-4,7-8H,5-6,9-13H2. The second-order valence-corrected chi connectivity index (χ2v) is 7.14. The van der Waals surface area contributed by atoms with Gasteiger partial charge in [0.25, 0.3) is 5.91 Å². The number of amides is 4. The van der Waals surface area contributed by atoms with E-state index in [1.54, 1.807) is 28.0 Å². The minimum atomic E-state index is -0.443. The molecule has 9 nitrogen and oxygen atoms in total. The van der Waals surface area contributed by atoms with Gasteiger partial charge in [-0.05, 0) is 18.2 Å². The van der Waals surface area contributed by atoms with E-state index in [2.05, 4.69) is 5.10 Å². The number of halogens is 1. The van der Waals surface area contributed by atoms with E-state index < -0.39 is 5.82 Å². The molecule has 30 heavy (non-hydrogen) atoms. The Morgan fingerprint density at radius 1 is 0.933 bits per heavy atom. The van der Waals surface area contributed by atoms with Gasteiger partial charge in [0.2, 0.25) is 17.7 Å². The second kappa shape index (κ2) is 8.05. The third-order valence-corrected chi connectivity index (χ3v) is 5.28. The Morgan fingerprint density at radius 3 is 2.23 bits per heavy atom. The van der Waals surface area contributed by atoms with Crippen molar-refractivity contribution in [3.05, 3.63) is 48.0 Å². The summed E-state index contributed by atoms with van der Waals surface area (Å²) in [5.74, 6) is -1.71. The number of hydrogen-bond acceptors (Lipinski definition) is 5. The molecular formula is C20H20FN5O4. The van der Waals surface area contributed by atoms with Gasteiger partial charge in [0.15, 0.2) is 5.69 Å². The minimum absolute atomic E-state index is 0.147. The van der Waals surface area contributed by atoms with Crippen molar-refractivity contribution in [2.24, 2.45) is 0 Å². The van der Waals surface area contributed by atoms with Crippen LogP contribution in [0.25, 0.3) is 5.69 Å². The van der Waals surface area contributed by atoms with E-state index in [0.717, 1.165) is 4.90 Å². The molecule has 2 aliphatic rings. The molecule has 4 amide bonds. The molecule has 0 aliphatic carbocycles. The lowest BCUT2D eigenvalue weighted by atomic mass is 10.2. The van der Waals surface area contributed by atoms with E-state index in [0.29, 0.717) is 26.2 Å². The smallest absolute Gasteiger partial charge is 0.274 e. The summed E-state index contributed by atoms with van der Waals surface area (Å²) < 4.78 is 15.2. The summed E-state index contributed by atoms with van der Waals surface area (Å²) in [4.78, 5) is 52.6. The average molecular weight is 413 g/mol. The zero-order valence-electron chi connectivity index (χ0n) is 16.2. The van der Waals surface area contributed by atoms with E-state index >= 15 is 0 Å². The van der Waals surface area contributed by atoms with E-state index in [1.807, 2.05) is 0 Å². The summed E-state index contributed by atoms with van der Waals surface area (Å²) >= 11 is 0. The molecular weight excluding hydrogens is 393 g/mol. The summed E-state index contributed by atoms with van der Waals surface area (Å²) in [5.41, 5.74) is 0.435. The number of hydrogen-bond donors (Lipinski definition) is 0. The first kappa shape index (κ1) is 19.7. The Balaban J connectivity index is 1.35. The van der Waals surface area contributed by atoms with Crippen molar-refractivity contribution < 1.29 is 23.6 Å². The van der Waals surface area contributed by atoms with Crippen LogP contribution in [0.15, 0.2) is 36.5 Å². The predicted molar refractivity (Wildman–Crippen MR) is 102 cm³/mol. The molecule has 0 saturated carbocycles.